The molecule has 3 rings (SSSR count). The second-order valence-corrected chi connectivity index (χ2v) is 4.64. The maximum absolute atomic E-state index is 9.10. The highest BCUT2D eigenvalue weighted by atomic mass is 16.7. The molecule has 20 heavy (non-hydrogen) atoms. The number of hydrogen-bond donors (Lipinski definition) is 0. The fraction of sp³-hybridized carbons (Fsp3) is 0.200. The summed E-state index contributed by atoms with van der Waals surface area (Å²) in [7, 11) is 3.74. The van der Waals surface area contributed by atoms with Crippen molar-refractivity contribution in [2.24, 2.45) is 0 Å². The first kappa shape index (κ1) is 12.3. The van der Waals surface area contributed by atoms with Crippen molar-refractivity contribution in [3.05, 3.63) is 35.9 Å². The molecule has 0 N–H and O–H groups in total. The van der Waals surface area contributed by atoms with Crippen molar-refractivity contribution in [2.45, 2.75) is 0 Å². The van der Waals surface area contributed by atoms with Gasteiger partial charge in [-0.05, 0) is 30.3 Å². The number of anilines is 1. The molecule has 0 saturated carbocycles. The molecule has 0 fully saturated rings. The zero-order valence-corrected chi connectivity index (χ0v) is 11.3. The van der Waals surface area contributed by atoms with Crippen LogP contribution in [-0.4, -0.2) is 25.9 Å². The van der Waals surface area contributed by atoms with E-state index < -0.39 is 0 Å². The Kier molecular flexibility index (Phi) is 2.92. The zero-order valence-electron chi connectivity index (χ0n) is 11.3. The van der Waals surface area contributed by atoms with E-state index in [1.54, 1.807) is 6.07 Å². The van der Waals surface area contributed by atoms with Crippen molar-refractivity contribution in [1.29, 1.82) is 5.26 Å². The second kappa shape index (κ2) is 4.74. The van der Waals surface area contributed by atoms with E-state index in [0.717, 1.165) is 22.8 Å². The molecule has 2 heterocycles. The number of hydrogen-bond acceptors (Lipinski definition) is 5. The number of fused-ring (bicyclic) bond motifs is 1. The minimum absolute atomic E-state index is 0.253. The Hall–Kier alpha value is -2.74. The molecule has 5 nitrogen and oxygen atoms in total. The first-order chi connectivity index (χ1) is 9.69. The minimum Gasteiger partial charge on any atom is -0.454 e. The van der Waals surface area contributed by atoms with Crippen LogP contribution in [0, 0.1) is 11.3 Å². The van der Waals surface area contributed by atoms with Gasteiger partial charge in [-0.25, -0.2) is 4.98 Å². The van der Waals surface area contributed by atoms with E-state index in [2.05, 4.69) is 11.1 Å². The summed E-state index contributed by atoms with van der Waals surface area (Å²) < 4.78 is 10.7. The van der Waals surface area contributed by atoms with E-state index in [-0.39, 0.29) is 6.79 Å². The first-order valence-corrected chi connectivity index (χ1v) is 6.17. The summed E-state index contributed by atoms with van der Waals surface area (Å²) in [5.41, 5.74) is 2.28. The van der Waals surface area contributed by atoms with Gasteiger partial charge in [0.1, 0.15) is 11.9 Å². The molecule has 1 aliphatic heterocycles. The Balaban J connectivity index is 2.07. The van der Waals surface area contributed by atoms with Crippen molar-refractivity contribution in [1.82, 2.24) is 4.98 Å². The molecule has 0 aliphatic carbocycles. The molecule has 0 atom stereocenters. The van der Waals surface area contributed by atoms with E-state index in [1.165, 1.54) is 0 Å². The molecule has 1 aliphatic rings. The van der Waals surface area contributed by atoms with Gasteiger partial charge in [0.2, 0.25) is 6.79 Å². The second-order valence-electron chi connectivity index (χ2n) is 4.64. The van der Waals surface area contributed by atoms with Crippen molar-refractivity contribution in [3.63, 3.8) is 0 Å². The topological polar surface area (TPSA) is 58.4 Å². The Morgan fingerprint density at radius 2 is 1.95 bits per heavy atom. The van der Waals surface area contributed by atoms with Crippen LogP contribution in [0.5, 0.6) is 11.5 Å². The highest BCUT2D eigenvalue weighted by molar-refractivity contribution is 5.68. The molecule has 1 aromatic heterocycles. The number of benzene rings is 1. The highest BCUT2D eigenvalue weighted by Crippen LogP contribution is 2.35. The molecule has 0 saturated heterocycles. The summed E-state index contributed by atoms with van der Waals surface area (Å²) in [6.45, 7) is 0.253. The van der Waals surface area contributed by atoms with Gasteiger partial charge in [0.05, 0.1) is 11.3 Å². The number of pyridine rings is 1. The maximum atomic E-state index is 9.10. The summed E-state index contributed by atoms with van der Waals surface area (Å²) in [4.78, 5) is 6.37. The Morgan fingerprint density at radius 3 is 2.70 bits per heavy atom. The average Bonchev–Trinajstić information content (AvgIpc) is 2.93. The minimum atomic E-state index is 0.253. The normalized spacial score (nSPS) is 12.1. The largest absolute Gasteiger partial charge is 0.454 e. The van der Waals surface area contributed by atoms with Gasteiger partial charge in [-0.15, -0.1) is 0 Å². The van der Waals surface area contributed by atoms with Gasteiger partial charge in [0.15, 0.2) is 11.5 Å². The lowest BCUT2D eigenvalue weighted by molar-refractivity contribution is 0.174. The smallest absolute Gasteiger partial charge is 0.231 e. The SMILES string of the molecule is CN(C)c1nc(-c2ccc3c(c2)OCO3)ccc1C#N. The first-order valence-electron chi connectivity index (χ1n) is 6.17. The van der Waals surface area contributed by atoms with Crippen LogP contribution in [0.25, 0.3) is 11.3 Å². The average molecular weight is 267 g/mol. The van der Waals surface area contributed by atoms with Gasteiger partial charge < -0.3 is 14.4 Å². The van der Waals surface area contributed by atoms with Crippen molar-refractivity contribution in [2.75, 3.05) is 25.8 Å². The Morgan fingerprint density at radius 1 is 1.15 bits per heavy atom. The molecule has 1 aromatic carbocycles. The summed E-state index contributed by atoms with van der Waals surface area (Å²) in [6, 6.07) is 11.5. The van der Waals surface area contributed by atoms with Crippen LogP contribution in [-0.2, 0) is 0 Å². The predicted octanol–water partition coefficient (Wildman–Crippen LogP) is 2.41. The van der Waals surface area contributed by atoms with E-state index in [9.17, 15) is 0 Å². The van der Waals surface area contributed by atoms with E-state index in [1.807, 2.05) is 43.3 Å². The zero-order chi connectivity index (χ0) is 14.1. The maximum Gasteiger partial charge on any atom is 0.231 e. The van der Waals surface area contributed by atoms with Gasteiger partial charge in [-0.3, -0.25) is 0 Å². The molecule has 2 aromatic rings. The molecule has 0 radical (unpaired) electrons. The van der Waals surface area contributed by atoms with Crippen molar-refractivity contribution >= 4 is 5.82 Å². The lowest BCUT2D eigenvalue weighted by Crippen LogP contribution is -2.12. The summed E-state index contributed by atoms with van der Waals surface area (Å²) in [5.74, 6) is 2.12. The standard InChI is InChI=1S/C15H13N3O2/c1-18(2)15-11(8-16)3-5-12(17-15)10-4-6-13-14(7-10)20-9-19-13/h3-7H,9H2,1-2H3. The summed E-state index contributed by atoms with van der Waals surface area (Å²) in [5, 5.41) is 9.10. The number of nitrogens with zero attached hydrogens (tertiary/aromatic N) is 3. The number of nitriles is 1. The van der Waals surface area contributed by atoms with Crippen LogP contribution >= 0.6 is 0 Å². The molecule has 0 spiro atoms. The summed E-state index contributed by atoms with van der Waals surface area (Å²) in [6.07, 6.45) is 0. The van der Waals surface area contributed by atoms with Gasteiger partial charge in [0, 0.05) is 19.7 Å². The van der Waals surface area contributed by atoms with Crippen LogP contribution in [0.2, 0.25) is 0 Å². The lowest BCUT2D eigenvalue weighted by Gasteiger charge is -2.14. The predicted molar refractivity (Wildman–Crippen MR) is 74.8 cm³/mol. The molecule has 0 amide bonds. The highest BCUT2D eigenvalue weighted by Gasteiger charge is 2.15. The van der Waals surface area contributed by atoms with E-state index in [4.69, 9.17) is 14.7 Å². The fourth-order valence-corrected chi connectivity index (χ4v) is 2.09. The third-order valence-electron chi connectivity index (χ3n) is 3.09. The third-order valence-corrected chi connectivity index (χ3v) is 3.09. The quantitative estimate of drug-likeness (QED) is 0.836. The van der Waals surface area contributed by atoms with Gasteiger partial charge in [0.25, 0.3) is 0 Å². The Bertz CT molecular complexity index is 705. The van der Waals surface area contributed by atoms with Gasteiger partial charge in [-0.2, -0.15) is 5.26 Å². The molecule has 5 heteroatoms. The molecule has 0 unspecified atom stereocenters. The van der Waals surface area contributed by atoms with Crippen molar-refractivity contribution in [3.8, 4) is 28.8 Å². The number of rotatable bonds is 2. The van der Waals surface area contributed by atoms with Gasteiger partial charge >= 0.3 is 0 Å². The van der Waals surface area contributed by atoms with Crippen molar-refractivity contribution < 1.29 is 9.47 Å². The Labute approximate surface area is 117 Å². The van der Waals surface area contributed by atoms with E-state index in [0.29, 0.717) is 11.4 Å². The van der Waals surface area contributed by atoms with Crippen LogP contribution in [0.1, 0.15) is 5.56 Å². The fourth-order valence-electron chi connectivity index (χ4n) is 2.09. The van der Waals surface area contributed by atoms with Crippen LogP contribution in [0.3, 0.4) is 0 Å². The number of ether oxygens (including phenoxy) is 2. The monoisotopic (exact) mass is 267 g/mol. The van der Waals surface area contributed by atoms with Crippen LogP contribution < -0.4 is 14.4 Å². The third kappa shape index (κ3) is 2.01. The van der Waals surface area contributed by atoms with E-state index >= 15 is 0 Å². The molecule has 100 valence electrons. The van der Waals surface area contributed by atoms with Gasteiger partial charge in [-0.1, -0.05) is 0 Å². The summed E-state index contributed by atoms with van der Waals surface area (Å²) >= 11 is 0. The molecular formula is C15H13N3O2. The van der Waals surface area contributed by atoms with Crippen LogP contribution in [0.15, 0.2) is 30.3 Å². The molecule has 0 bridgehead atoms. The molecular weight excluding hydrogens is 254 g/mol. The van der Waals surface area contributed by atoms with Crippen LogP contribution in [0.4, 0.5) is 5.82 Å². The number of aromatic nitrogens is 1. The lowest BCUT2D eigenvalue weighted by atomic mass is 10.1.